The smallest absolute Gasteiger partial charge is 0.383 e. The lowest BCUT2D eigenvalue weighted by atomic mass is 10.1. The lowest BCUT2D eigenvalue weighted by molar-refractivity contribution is -0.374. The fraction of sp³-hybridized carbons (Fsp3) is 0.385. The van der Waals surface area contributed by atoms with Crippen molar-refractivity contribution in [3.05, 3.63) is 53.5 Å². The third-order valence-electron chi connectivity index (χ3n) is 7.42. The van der Waals surface area contributed by atoms with E-state index in [0.29, 0.717) is 58.5 Å². The number of hydrogen-bond donors (Lipinski definition) is 4. The maximum atomic E-state index is 13.2. The number of alkyl halides is 3. The molecule has 0 unspecified atom stereocenters. The Kier molecular flexibility index (Phi) is 6.80. The molecule has 13 nitrogen and oxygen atoms in total. The molecule has 5 aromatic heterocycles. The number of ether oxygens (including phenoxy) is 1. The van der Waals surface area contributed by atoms with E-state index in [1.54, 1.807) is 31.5 Å². The molecule has 16 heteroatoms. The van der Waals surface area contributed by atoms with Crippen molar-refractivity contribution in [2.24, 2.45) is 0 Å². The Labute approximate surface area is 235 Å². The van der Waals surface area contributed by atoms with Gasteiger partial charge < -0.3 is 29.9 Å². The minimum atomic E-state index is -4.67. The zero-order chi connectivity index (χ0) is 29.8. The molecule has 0 aliphatic heterocycles. The standard InChI is InChI=1S/C26H27F3N8O5/c1-42-9-8-34-14-17(15-11-31-35(13-15)25(27,28)29)23-18(34)6-7-21(33-23)32-22-10-19-20(12-30-22)37(26(39,40)41)24(38)36(19)16-4-2-3-5-16/h6-7,10-14,16,39-41H,2-5,8-9H2,1H3,(H,30,32,33). The Balaban J connectivity index is 1.42. The maximum absolute atomic E-state index is 13.2. The Morgan fingerprint density at radius 2 is 1.81 bits per heavy atom. The van der Waals surface area contributed by atoms with Gasteiger partial charge >= 0.3 is 18.1 Å². The zero-order valence-corrected chi connectivity index (χ0v) is 22.3. The predicted molar refractivity (Wildman–Crippen MR) is 144 cm³/mol. The molecular weight excluding hydrogens is 561 g/mol. The summed E-state index contributed by atoms with van der Waals surface area (Å²) < 4.78 is 48.5. The first-order valence-electron chi connectivity index (χ1n) is 13.1. The average molecular weight is 589 g/mol. The van der Waals surface area contributed by atoms with E-state index in [1.807, 2.05) is 4.57 Å². The number of fused-ring (bicyclic) bond motifs is 2. The first-order valence-corrected chi connectivity index (χ1v) is 13.1. The Hall–Kier alpha value is -4.25. The van der Waals surface area contributed by atoms with Crippen molar-refractivity contribution >= 4 is 33.7 Å². The highest BCUT2D eigenvalue weighted by atomic mass is 19.4. The van der Waals surface area contributed by atoms with E-state index in [-0.39, 0.29) is 27.6 Å². The summed E-state index contributed by atoms with van der Waals surface area (Å²) >= 11 is 0. The number of aliphatic hydroxyl groups is 3. The summed E-state index contributed by atoms with van der Waals surface area (Å²) in [4.78, 5) is 22.1. The number of pyridine rings is 2. The zero-order valence-electron chi connectivity index (χ0n) is 22.3. The number of imidazole rings is 1. The predicted octanol–water partition coefficient (Wildman–Crippen LogP) is 2.94. The van der Waals surface area contributed by atoms with E-state index in [4.69, 9.17) is 4.74 Å². The van der Waals surface area contributed by atoms with Gasteiger partial charge in [0.15, 0.2) is 0 Å². The van der Waals surface area contributed by atoms with Crippen molar-refractivity contribution < 1.29 is 33.2 Å². The molecule has 222 valence electrons. The van der Waals surface area contributed by atoms with Crippen LogP contribution in [0.15, 0.2) is 47.8 Å². The lowest BCUT2D eigenvalue weighted by Gasteiger charge is -2.15. The summed E-state index contributed by atoms with van der Waals surface area (Å²) in [5.41, 5.74) is 1.29. The molecule has 1 aliphatic rings. The van der Waals surface area contributed by atoms with Crippen LogP contribution in [0.3, 0.4) is 0 Å². The van der Waals surface area contributed by atoms with E-state index in [1.165, 1.54) is 10.8 Å². The van der Waals surface area contributed by atoms with E-state index >= 15 is 0 Å². The Morgan fingerprint density at radius 3 is 2.48 bits per heavy atom. The Morgan fingerprint density at radius 1 is 1.05 bits per heavy atom. The summed E-state index contributed by atoms with van der Waals surface area (Å²) in [5.74, 6) is 0.584. The van der Waals surface area contributed by atoms with Crippen molar-refractivity contribution in [1.82, 2.24) is 33.4 Å². The second-order valence-electron chi connectivity index (χ2n) is 10.1. The van der Waals surface area contributed by atoms with E-state index in [9.17, 15) is 33.3 Å². The molecule has 0 aromatic carbocycles. The first-order chi connectivity index (χ1) is 20.0. The summed E-state index contributed by atoms with van der Waals surface area (Å²) in [6.45, 7) is 0.805. The van der Waals surface area contributed by atoms with Crippen LogP contribution < -0.4 is 11.0 Å². The second-order valence-corrected chi connectivity index (χ2v) is 10.1. The maximum Gasteiger partial charge on any atom is 0.504 e. The average Bonchev–Trinajstić information content (AvgIpc) is 3.71. The van der Waals surface area contributed by atoms with Gasteiger partial charge in [-0.15, -0.1) is 13.2 Å². The molecule has 0 radical (unpaired) electrons. The summed E-state index contributed by atoms with van der Waals surface area (Å²) in [7, 11) is 1.55. The fourth-order valence-corrected chi connectivity index (χ4v) is 5.55. The first kappa shape index (κ1) is 27.9. The molecule has 6 rings (SSSR count). The summed E-state index contributed by atoms with van der Waals surface area (Å²) in [6, 6.07) is 4.79. The monoisotopic (exact) mass is 588 g/mol. The molecule has 4 N–H and O–H groups in total. The van der Waals surface area contributed by atoms with Crippen LogP contribution in [0.5, 0.6) is 0 Å². The number of nitrogens with zero attached hydrogens (tertiary/aromatic N) is 7. The topological polar surface area (TPSA) is 157 Å². The number of nitrogens with one attached hydrogen (secondary N) is 1. The van der Waals surface area contributed by atoms with Crippen molar-refractivity contribution in [1.29, 1.82) is 0 Å². The molecule has 0 saturated heterocycles. The third kappa shape index (κ3) is 4.91. The quantitative estimate of drug-likeness (QED) is 0.200. The van der Waals surface area contributed by atoms with Crippen LogP contribution in [0.25, 0.3) is 33.2 Å². The molecule has 0 spiro atoms. The molecule has 0 amide bonds. The number of halogens is 3. The third-order valence-corrected chi connectivity index (χ3v) is 7.42. The van der Waals surface area contributed by atoms with E-state index in [2.05, 4.69) is 20.4 Å². The van der Waals surface area contributed by atoms with Crippen LogP contribution >= 0.6 is 0 Å². The van der Waals surface area contributed by atoms with Crippen molar-refractivity contribution in [2.75, 3.05) is 19.0 Å². The molecular formula is C26H27F3N8O5. The van der Waals surface area contributed by atoms with Crippen LogP contribution in [-0.4, -0.2) is 62.5 Å². The highest BCUT2D eigenvalue weighted by Gasteiger charge is 2.33. The van der Waals surface area contributed by atoms with Gasteiger partial charge in [0.2, 0.25) is 0 Å². The van der Waals surface area contributed by atoms with Gasteiger partial charge in [0.05, 0.1) is 41.1 Å². The number of methoxy groups -OCH3 is 1. The summed E-state index contributed by atoms with van der Waals surface area (Å²) in [6.07, 6.45) is 0.0821. The molecule has 1 aliphatic carbocycles. The van der Waals surface area contributed by atoms with Gasteiger partial charge in [0.25, 0.3) is 0 Å². The number of hydrogen-bond acceptors (Lipinski definition) is 9. The number of aromatic nitrogens is 7. The fourth-order valence-electron chi connectivity index (χ4n) is 5.55. The lowest BCUT2D eigenvalue weighted by Crippen LogP contribution is -2.41. The van der Waals surface area contributed by atoms with Crippen molar-refractivity contribution in [3.63, 3.8) is 0 Å². The highest BCUT2D eigenvalue weighted by molar-refractivity contribution is 5.94. The normalized spacial score (nSPS) is 14.9. The van der Waals surface area contributed by atoms with Crippen molar-refractivity contribution in [3.8, 4) is 11.1 Å². The van der Waals surface area contributed by atoms with Gasteiger partial charge in [-0.05, 0) is 25.0 Å². The van der Waals surface area contributed by atoms with Gasteiger partial charge in [-0.25, -0.2) is 19.3 Å². The van der Waals surface area contributed by atoms with Gasteiger partial charge in [0, 0.05) is 49.3 Å². The number of anilines is 2. The van der Waals surface area contributed by atoms with E-state index < -0.39 is 18.1 Å². The highest BCUT2D eigenvalue weighted by Crippen LogP contribution is 2.34. The van der Waals surface area contributed by atoms with Gasteiger partial charge in [-0.1, -0.05) is 12.8 Å². The van der Waals surface area contributed by atoms with E-state index in [0.717, 1.165) is 25.2 Å². The molecule has 42 heavy (non-hydrogen) atoms. The SMILES string of the molecule is COCCn1cc(-c2cnn(C(F)(F)F)c2)c2nc(Nc3cc4c(cn3)n(C(O)(O)O)c(=O)n4C3CCCC3)ccc21. The largest absolute Gasteiger partial charge is 0.504 e. The van der Waals surface area contributed by atoms with Crippen LogP contribution in [0.1, 0.15) is 31.7 Å². The van der Waals surface area contributed by atoms with Crippen LogP contribution in [0, 0.1) is 0 Å². The minimum Gasteiger partial charge on any atom is -0.383 e. The second kappa shape index (κ2) is 10.2. The van der Waals surface area contributed by atoms with Gasteiger partial charge in [0.1, 0.15) is 11.6 Å². The van der Waals surface area contributed by atoms with Crippen LogP contribution in [0.2, 0.25) is 0 Å². The molecule has 1 fully saturated rings. The van der Waals surface area contributed by atoms with Crippen LogP contribution in [-0.2, 0) is 23.7 Å². The van der Waals surface area contributed by atoms with Gasteiger partial charge in [-0.2, -0.15) is 9.78 Å². The summed E-state index contributed by atoms with van der Waals surface area (Å²) in [5, 5.41) is 36.2. The number of rotatable bonds is 8. The molecule has 0 atom stereocenters. The molecule has 0 bridgehead atoms. The van der Waals surface area contributed by atoms with Crippen LogP contribution in [0.4, 0.5) is 24.8 Å². The molecule has 5 heterocycles. The van der Waals surface area contributed by atoms with Crippen molar-refractivity contribution in [2.45, 2.75) is 50.7 Å². The molecule has 5 aromatic rings. The Bertz CT molecular complexity index is 1830. The van der Waals surface area contributed by atoms with Gasteiger partial charge in [-0.3, -0.25) is 4.57 Å². The molecule has 1 saturated carbocycles. The minimum absolute atomic E-state index is 0.0209.